The van der Waals surface area contributed by atoms with E-state index < -0.39 is 0 Å². The van der Waals surface area contributed by atoms with Gasteiger partial charge in [0.15, 0.2) is 4.96 Å². The minimum atomic E-state index is 0.115. The molecule has 1 atom stereocenters. The summed E-state index contributed by atoms with van der Waals surface area (Å²) in [5.74, 6) is 0.757. The molecule has 0 spiro atoms. The van der Waals surface area contributed by atoms with Crippen LogP contribution >= 0.6 is 11.3 Å². The molecule has 4 rings (SSSR count). The van der Waals surface area contributed by atoms with Crippen LogP contribution in [0.25, 0.3) is 4.96 Å². The van der Waals surface area contributed by atoms with Crippen LogP contribution in [0, 0.1) is 5.92 Å². The Bertz CT molecular complexity index is 748. The van der Waals surface area contributed by atoms with E-state index in [2.05, 4.69) is 11.8 Å². The number of fused-ring (bicyclic) bond motifs is 3. The topological polar surface area (TPSA) is 37.6 Å². The lowest BCUT2D eigenvalue weighted by molar-refractivity contribution is 0.175. The molecular weight excluding hydrogens is 294 g/mol. The first-order valence-corrected chi connectivity index (χ1v) is 9.28. The molecule has 0 saturated carbocycles. The van der Waals surface area contributed by atoms with Crippen molar-refractivity contribution in [1.82, 2.24) is 14.3 Å². The van der Waals surface area contributed by atoms with Gasteiger partial charge in [0.1, 0.15) is 0 Å². The molecule has 2 aromatic rings. The second-order valence-corrected chi connectivity index (χ2v) is 7.93. The van der Waals surface area contributed by atoms with E-state index in [9.17, 15) is 4.79 Å². The van der Waals surface area contributed by atoms with Gasteiger partial charge < -0.3 is 0 Å². The second kappa shape index (κ2) is 5.78. The average molecular weight is 317 g/mol. The highest BCUT2D eigenvalue weighted by molar-refractivity contribution is 7.17. The Hall–Kier alpha value is -1.20. The molecular formula is C17H23N3OS. The molecule has 22 heavy (non-hydrogen) atoms. The third kappa shape index (κ3) is 2.61. The highest BCUT2D eigenvalue weighted by Crippen LogP contribution is 2.28. The predicted molar refractivity (Wildman–Crippen MR) is 89.7 cm³/mol. The second-order valence-electron chi connectivity index (χ2n) is 6.87. The maximum Gasteiger partial charge on any atom is 0.259 e. The fourth-order valence-corrected chi connectivity index (χ4v) is 5.11. The Morgan fingerprint density at radius 1 is 1.32 bits per heavy atom. The van der Waals surface area contributed by atoms with Crippen molar-refractivity contribution in [2.24, 2.45) is 5.92 Å². The third-order valence-corrected chi connectivity index (χ3v) is 6.08. The largest absolute Gasteiger partial charge is 0.297 e. The smallest absolute Gasteiger partial charge is 0.259 e. The fourth-order valence-electron chi connectivity index (χ4n) is 3.88. The first kappa shape index (κ1) is 14.4. The van der Waals surface area contributed by atoms with Crippen LogP contribution in [-0.2, 0) is 19.4 Å². The molecule has 5 heteroatoms. The standard InChI is InChI=1S/C17H23N3OS/c1-12-5-4-8-19(10-12)11-13-9-16(21)20-14-6-2-3-7-15(14)22-17(20)18-13/h9,12H,2-8,10-11H2,1H3/t12-/m1/s1. The molecule has 3 heterocycles. The Morgan fingerprint density at radius 2 is 2.18 bits per heavy atom. The molecule has 2 aromatic heterocycles. The van der Waals surface area contributed by atoms with E-state index in [4.69, 9.17) is 4.98 Å². The molecule has 1 fully saturated rings. The van der Waals surface area contributed by atoms with Crippen molar-refractivity contribution in [3.05, 3.63) is 32.7 Å². The van der Waals surface area contributed by atoms with Gasteiger partial charge in [-0.15, -0.1) is 11.3 Å². The lowest BCUT2D eigenvalue weighted by atomic mass is 10.0. The minimum Gasteiger partial charge on any atom is -0.297 e. The highest BCUT2D eigenvalue weighted by atomic mass is 32.1. The SMILES string of the molecule is C[C@@H]1CCCN(Cc2cc(=O)n3c4c(sc3n2)CCCC4)C1. The summed E-state index contributed by atoms with van der Waals surface area (Å²) in [6.07, 6.45) is 7.16. The number of hydrogen-bond donors (Lipinski definition) is 0. The zero-order chi connectivity index (χ0) is 15.1. The molecule has 2 aliphatic rings. The predicted octanol–water partition coefficient (Wildman–Crippen LogP) is 2.87. The number of piperidine rings is 1. The number of nitrogens with zero attached hydrogens (tertiary/aromatic N) is 3. The summed E-state index contributed by atoms with van der Waals surface area (Å²) >= 11 is 1.72. The van der Waals surface area contributed by atoms with Gasteiger partial charge >= 0.3 is 0 Å². The fraction of sp³-hybridized carbons (Fsp3) is 0.647. The normalized spacial score (nSPS) is 22.9. The van der Waals surface area contributed by atoms with Gasteiger partial charge in [-0.05, 0) is 51.0 Å². The van der Waals surface area contributed by atoms with Crippen LogP contribution < -0.4 is 5.56 Å². The summed E-state index contributed by atoms with van der Waals surface area (Å²) in [6, 6.07) is 1.76. The monoisotopic (exact) mass is 317 g/mol. The van der Waals surface area contributed by atoms with Crippen LogP contribution in [0.4, 0.5) is 0 Å². The Kier molecular flexibility index (Phi) is 3.78. The van der Waals surface area contributed by atoms with E-state index >= 15 is 0 Å². The third-order valence-electron chi connectivity index (χ3n) is 4.94. The first-order valence-electron chi connectivity index (χ1n) is 8.46. The lowest BCUT2D eigenvalue weighted by Crippen LogP contribution is -2.34. The number of aromatic nitrogens is 2. The Labute approximate surface area is 134 Å². The van der Waals surface area contributed by atoms with Gasteiger partial charge in [-0.3, -0.25) is 14.1 Å². The number of likely N-dealkylation sites (tertiary alicyclic amines) is 1. The van der Waals surface area contributed by atoms with Gasteiger partial charge in [0.05, 0.1) is 5.69 Å². The summed E-state index contributed by atoms with van der Waals surface area (Å²) in [5, 5.41) is 0. The van der Waals surface area contributed by atoms with Gasteiger partial charge in [0.25, 0.3) is 5.56 Å². The highest BCUT2D eigenvalue weighted by Gasteiger charge is 2.20. The van der Waals surface area contributed by atoms with Crippen LogP contribution in [0.15, 0.2) is 10.9 Å². The zero-order valence-electron chi connectivity index (χ0n) is 13.2. The van der Waals surface area contributed by atoms with E-state index in [0.717, 1.165) is 49.0 Å². The summed E-state index contributed by atoms with van der Waals surface area (Å²) in [7, 11) is 0. The summed E-state index contributed by atoms with van der Waals surface area (Å²) in [6.45, 7) is 5.39. The number of rotatable bonds is 2. The number of hydrogen-bond acceptors (Lipinski definition) is 4. The van der Waals surface area contributed by atoms with Crippen molar-refractivity contribution in [3.63, 3.8) is 0 Å². The van der Waals surface area contributed by atoms with E-state index in [1.807, 2.05) is 4.40 Å². The van der Waals surface area contributed by atoms with E-state index in [1.54, 1.807) is 17.4 Å². The Morgan fingerprint density at radius 3 is 3.05 bits per heavy atom. The van der Waals surface area contributed by atoms with Crippen molar-refractivity contribution in [2.45, 2.75) is 52.0 Å². The molecule has 1 aliphatic carbocycles. The van der Waals surface area contributed by atoms with E-state index in [0.29, 0.717) is 0 Å². The first-order chi connectivity index (χ1) is 10.7. The van der Waals surface area contributed by atoms with E-state index in [1.165, 1.54) is 36.3 Å². The lowest BCUT2D eigenvalue weighted by Gasteiger charge is -2.30. The molecule has 0 N–H and O–H groups in total. The van der Waals surface area contributed by atoms with Gasteiger partial charge in [-0.1, -0.05) is 6.92 Å². The van der Waals surface area contributed by atoms with Crippen molar-refractivity contribution < 1.29 is 0 Å². The summed E-state index contributed by atoms with van der Waals surface area (Å²) < 4.78 is 1.86. The van der Waals surface area contributed by atoms with Crippen LogP contribution in [0.3, 0.4) is 0 Å². The maximum atomic E-state index is 12.5. The molecule has 1 saturated heterocycles. The molecule has 0 unspecified atom stereocenters. The summed E-state index contributed by atoms with van der Waals surface area (Å²) in [4.78, 5) is 22.1. The van der Waals surface area contributed by atoms with Crippen LogP contribution in [-0.4, -0.2) is 27.4 Å². The molecule has 1 aliphatic heterocycles. The van der Waals surface area contributed by atoms with Crippen molar-refractivity contribution in [1.29, 1.82) is 0 Å². The molecule has 0 amide bonds. The van der Waals surface area contributed by atoms with Crippen molar-refractivity contribution in [2.75, 3.05) is 13.1 Å². The summed E-state index contributed by atoms with van der Waals surface area (Å²) in [5.41, 5.74) is 2.28. The van der Waals surface area contributed by atoms with Crippen LogP contribution in [0.1, 0.15) is 48.9 Å². The molecule has 4 nitrogen and oxygen atoms in total. The number of thiazole rings is 1. The van der Waals surface area contributed by atoms with Gasteiger partial charge in [0, 0.05) is 29.7 Å². The van der Waals surface area contributed by atoms with Crippen LogP contribution in [0.5, 0.6) is 0 Å². The number of aryl methyl sites for hydroxylation is 2. The van der Waals surface area contributed by atoms with Gasteiger partial charge in [-0.2, -0.15) is 0 Å². The molecule has 0 bridgehead atoms. The van der Waals surface area contributed by atoms with E-state index in [-0.39, 0.29) is 5.56 Å². The zero-order valence-corrected chi connectivity index (χ0v) is 14.0. The van der Waals surface area contributed by atoms with Crippen molar-refractivity contribution in [3.8, 4) is 0 Å². The quantitative estimate of drug-likeness (QED) is 0.855. The molecule has 118 valence electrons. The average Bonchev–Trinajstić information content (AvgIpc) is 2.85. The van der Waals surface area contributed by atoms with Gasteiger partial charge in [-0.25, -0.2) is 4.98 Å². The minimum absolute atomic E-state index is 0.115. The van der Waals surface area contributed by atoms with Gasteiger partial charge in [0.2, 0.25) is 0 Å². The van der Waals surface area contributed by atoms with Crippen molar-refractivity contribution >= 4 is 16.3 Å². The van der Waals surface area contributed by atoms with Crippen LogP contribution in [0.2, 0.25) is 0 Å². The molecule has 0 radical (unpaired) electrons. The molecule has 0 aromatic carbocycles. The maximum absolute atomic E-state index is 12.5. The Balaban J connectivity index is 1.67.